The Bertz CT molecular complexity index is 686. The zero-order chi connectivity index (χ0) is 21.7. The number of halogens is 1. The van der Waals surface area contributed by atoms with Crippen molar-refractivity contribution < 1.29 is 29.0 Å². The lowest BCUT2D eigenvalue weighted by Gasteiger charge is -2.38. The van der Waals surface area contributed by atoms with Crippen LogP contribution in [0.5, 0.6) is 0 Å². The van der Waals surface area contributed by atoms with Gasteiger partial charge in [-0.2, -0.15) is 0 Å². The molecule has 0 aromatic rings. The van der Waals surface area contributed by atoms with E-state index in [0.29, 0.717) is 6.42 Å². The number of hydrogen-bond acceptors (Lipinski definition) is 6. The standard InChI is InChI=1S/C20H31BrN2O6/c1-6-28-19(27)13-14-18(26)23(12(8-24)9(2)3)16(17(25)22-10(4)5)20(14)7-11(21)15(13)29-20/h9-16,24H,6-8H2,1-5H3,(H,22,25)/t11?,12-,13-,14-,15-,16?,20?/m0/s1. The molecule has 3 rings (SSSR count). The summed E-state index contributed by atoms with van der Waals surface area (Å²) >= 11 is 3.59. The van der Waals surface area contributed by atoms with Gasteiger partial charge in [-0.25, -0.2) is 0 Å². The van der Waals surface area contributed by atoms with Gasteiger partial charge in [0.15, 0.2) is 0 Å². The van der Waals surface area contributed by atoms with E-state index in [1.165, 1.54) is 4.90 Å². The Hall–Kier alpha value is -1.19. The molecule has 9 heteroatoms. The third kappa shape index (κ3) is 3.39. The lowest BCUT2D eigenvalue weighted by Crippen LogP contribution is -2.59. The summed E-state index contributed by atoms with van der Waals surface area (Å²) in [6, 6.07) is -1.59. The molecule has 3 heterocycles. The number of likely N-dealkylation sites (tertiary alicyclic amines) is 1. The van der Waals surface area contributed by atoms with Gasteiger partial charge >= 0.3 is 5.97 Å². The Labute approximate surface area is 179 Å². The SMILES string of the molecule is CCOC(=O)[C@H]1[C@H]2C(=O)N([C@@H](CO)C(C)C)C(C(=O)NC(C)C)C23CC(Br)[C@@H]1O3. The monoisotopic (exact) mass is 474 g/mol. The molecule has 164 valence electrons. The number of nitrogens with zero attached hydrogens (tertiary/aromatic N) is 1. The molecule has 7 atom stereocenters. The van der Waals surface area contributed by atoms with Crippen LogP contribution in [0.3, 0.4) is 0 Å². The van der Waals surface area contributed by atoms with Crippen molar-refractivity contribution >= 4 is 33.7 Å². The van der Waals surface area contributed by atoms with Gasteiger partial charge < -0.3 is 24.8 Å². The lowest BCUT2D eigenvalue weighted by molar-refractivity contribution is -0.155. The molecule has 0 aromatic heterocycles. The molecule has 3 fully saturated rings. The summed E-state index contributed by atoms with van der Waals surface area (Å²) in [5, 5.41) is 12.9. The zero-order valence-corrected chi connectivity index (χ0v) is 19.1. The van der Waals surface area contributed by atoms with Crippen LogP contribution in [0.25, 0.3) is 0 Å². The van der Waals surface area contributed by atoms with Crippen LogP contribution in [0, 0.1) is 17.8 Å². The summed E-state index contributed by atoms with van der Waals surface area (Å²) in [7, 11) is 0. The van der Waals surface area contributed by atoms with Crippen LogP contribution in [0.15, 0.2) is 0 Å². The van der Waals surface area contributed by atoms with Crippen LogP contribution in [0.2, 0.25) is 0 Å². The number of alkyl halides is 1. The molecule has 2 amide bonds. The molecule has 0 aliphatic carbocycles. The molecule has 1 spiro atoms. The molecule has 3 aliphatic rings. The number of carbonyl (C=O) groups is 3. The summed E-state index contributed by atoms with van der Waals surface area (Å²) in [4.78, 5) is 41.0. The van der Waals surface area contributed by atoms with E-state index in [-0.39, 0.29) is 41.8 Å². The van der Waals surface area contributed by atoms with Gasteiger partial charge in [0.1, 0.15) is 11.6 Å². The quantitative estimate of drug-likeness (QED) is 0.418. The highest BCUT2D eigenvalue weighted by Gasteiger charge is 2.77. The first-order valence-electron chi connectivity index (χ1n) is 10.3. The second kappa shape index (κ2) is 8.15. The second-order valence-corrected chi connectivity index (χ2v) is 9.99. The smallest absolute Gasteiger partial charge is 0.312 e. The topological polar surface area (TPSA) is 105 Å². The molecule has 29 heavy (non-hydrogen) atoms. The fourth-order valence-electron chi connectivity index (χ4n) is 5.22. The summed E-state index contributed by atoms with van der Waals surface area (Å²) < 4.78 is 11.6. The number of aliphatic hydroxyl groups is 1. The van der Waals surface area contributed by atoms with Crippen LogP contribution in [-0.4, -0.2) is 75.7 Å². The van der Waals surface area contributed by atoms with Crippen molar-refractivity contribution in [1.29, 1.82) is 0 Å². The van der Waals surface area contributed by atoms with Gasteiger partial charge in [-0.05, 0) is 33.1 Å². The largest absolute Gasteiger partial charge is 0.466 e. The highest BCUT2D eigenvalue weighted by molar-refractivity contribution is 9.09. The maximum atomic E-state index is 13.6. The fourth-order valence-corrected chi connectivity index (χ4v) is 6.16. The van der Waals surface area contributed by atoms with E-state index < -0.39 is 41.6 Å². The number of esters is 1. The first-order chi connectivity index (χ1) is 13.6. The maximum absolute atomic E-state index is 13.6. The van der Waals surface area contributed by atoms with E-state index in [1.54, 1.807) is 6.92 Å². The zero-order valence-electron chi connectivity index (χ0n) is 17.6. The van der Waals surface area contributed by atoms with Crippen LogP contribution in [0.4, 0.5) is 0 Å². The molecular formula is C20H31BrN2O6. The first-order valence-corrected chi connectivity index (χ1v) is 11.2. The van der Waals surface area contributed by atoms with Crippen molar-refractivity contribution in [2.75, 3.05) is 13.2 Å². The highest BCUT2D eigenvalue weighted by atomic mass is 79.9. The van der Waals surface area contributed by atoms with Crippen molar-refractivity contribution in [3.8, 4) is 0 Å². The van der Waals surface area contributed by atoms with Crippen molar-refractivity contribution in [1.82, 2.24) is 10.2 Å². The van der Waals surface area contributed by atoms with Gasteiger partial charge in [0.25, 0.3) is 0 Å². The third-order valence-electron chi connectivity index (χ3n) is 6.28. The molecule has 3 saturated heterocycles. The van der Waals surface area contributed by atoms with E-state index in [1.807, 2.05) is 27.7 Å². The van der Waals surface area contributed by atoms with Gasteiger partial charge in [-0.3, -0.25) is 14.4 Å². The minimum Gasteiger partial charge on any atom is -0.466 e. The predicted octanol–water partition coefficient (Wildman–Crippen LogP) is 0.839. The van der Waals surface area contributed by atoms with Crippen molar-refractivity contribution in [3.05, 3.63) is 0 Å². The molecule has 0 radical (unpaired) electrons. The van der Waals surface area contributed by atoms with E-state index in [9.17, 15) is 19.5 Å². The number of rotatable bonds is 7. The Balaban J connectivity index is 2.10. The summed E-state index contributed by atoms with van der Waals surface area (Å²) in [5.41, 5.74) is -1.12. The Morgan fingerprint density at radius 2 is 2.03 bits per heavy atom. The van der Waals surface area contributed by atoms with E-state index in [0.717, 1.165) is 0 Å². The van der Waals surface area contributed by atoms with Gasteiger partial charge in [-0.1, -0.05) is 29.8 Å². The average molecular weight is 475 g/mol. The van der Waals surface area contributed by atoms with Gasteiger partial charge in [-0.15, -0.1) is 0 Å². The number of ether oxygens (including phenoxy) is 2. The van der Waals surface area contributed by atoms with Gasteiger partial charge in [0, 0.05) is 10.9 Å². The van der Waals surface area contributed by atoms with E-state index >= 15 is 0 Å². The molecule has 3 unspecified atom stereocenters. The van der Waals surface area contributed by atoms with E-state index in [2.05, 4.69) is 21.2 Å². The number of nitrogens with one attached hydrogen (secondary N) is 1. The number of fused-ring (bicyclic) bond motifs is 1. The molecule has 2 N–H and O–H groups in total. The predicted molar refractivity (Wildman–Crippen MR) is 108 cm³/mol. The van der Waals surface area contributed by atoms with Crippen LogP contribution in [-0.2, 0) is 23.9 Å². The van der Waals surface area contributed by atoms with Crippen molar-refractivity contribution in [3.63, 3.8) is 0 Å². The Kier molecular flexibility index (Phi) is 6.32. The van der Waals surface area contributed by atoms with Crippen molar-refractivity contribution in [2.24, 2.45) is 17.8 Å². The second-order valence-electron chi connectivity index (χ2n) is 8.82. The number of carbonyl (C=O) groups excluding carboxylic acids is 3. The van der Waals surface area contributed by atoms with Crippen LogP contribution >= 0.6 is 15.9 Å². The minimum absolute atomic E-state index is 0.0773. The summed E-state index contributed by atoms with van der Waals surface area (Å²) in [5.74, 6) is -2.76. The fraction of sp³-hybridized carbons (Fsp3) is 0.850. The normalized spacial score (nSPS) is 36.7. The summed E-state index contributed by atoms with van der Waals surface area (Å²) in [6.45, 7) is 9.13. The van der Waals surface area contributed by atoms with Crippen LogP contribution < -0.4 is 5.32 Å². The maximum Gasteiger partial charge on any atom is 0.312 e. The van der Waals surface area contributed by atoms with Crippen molar-refractivity contribution in [2.45, 2.75) is 75.7 Å². The number of amides is 2. The molecule has 0 aromatic carbocycles. The minimum atomic E-state index is -1.12. The first kappa shape index (κ1) is 22.5. The van der Waals surface area contributed by atoms with Gasteiger partial charge in [0.2, 0.25) is 11.8 Å². The molecule has 8 nitrogen and oxygen atoms in total. The molecule has 3 aliphatic heterocycles. The third-order valence-corrected chi connectivity index (χ3v) is 7.12. The molecule has 0 saturated carbocycles. The molecular weight excluding hydrogens is 444 g/mol. The Morgan fingerprint density at radius 3 is 2.55 bits per heavy atom. The number of hydrogen-bond donors (Lipinski definition) is 2. The van der Waals surface area contributed by atoms with E-state index in [4.69, 9.17) is 9.47 Å². The molecule has 2 bridgehead atoms. The van der Waals surface area contributed by atoms with Gasteiger partial charge in [0.05, 0.1) is 37.2 Å². The Morgan fingerprint density at radius 1 is 1.38 bits per heavy atom. The summed E-state index contributed by atoms with van der Waals surface area (Å²) in [6.07, 6.45) is -0.0847. The van der Waals surface area contributed by atoms with Crippen LogP contribution in [0.1, 0.15) is 41.0 Å². The number of aliphatic hydroxyl groups excluding tert-OH is 1. The lowest BCUT2D eigenvalue weighted by atomic mass is 9.70. The highest BCUT2D eigenvalue weighted by Crippen LogP contribution is 2.60. The average Bonchev–Trinajstić information content (AvgIpc) is 3.19.